The number of nitrogens with one attached hydrogen (secondary N) is 1. The number of rotatable bonds is 7. The summed E-state index contributed by atoms with van der Waals surface area (Å²) in [7, 11) is 0. The quantitative estimate of drug-likeness (QED) is 0.835. The zero-order valence-electron chi connectivity index (χ0n) is 15.0. The maximum absolute atomic E-state index is 12.3. The Morgan fingerprint density at radius 1 is 1.21 bits per heavy atom. The lowest BCUT2D eigenvalue weighted by atomic mass is 9.89. The topological polar surface area (TPSA) is 41.6 Å². The highest BCUT2D eigenvalue weighted by Crippen LogP contribution is 2.33. The summed E-state index contributed by atoms with van der Waals surface area (Å²) in [5, 5.41) is 3.72. The summed E-state index contributed by atoms with van der Waals surface area (Å²) in [6, 6.07) is 8.84. The van der Waals surface area contributed by atoms with Crippen molar-refractivity contribution in [1.82, 2.24) is 10.2 Å². The average Bonchev–Trinajstić information content (AvgIpc) is 3.46. The van der Waals surface area contributed by atoms with Gasteiger partial charge in [0.2, 0.25) is 5.91 Å². The van der Waals surface area contributed by atoms with E-state index in [1.54, 1.807) is 0 Å². The standard InChI is InChI=1S/C20H30N2O2/c1-3-16-14-22(20(23)17-7-8-17)12-11-19(16)21-13-15-5-9-18(10-6-15)24-4-2/h5-6,9-10,16-17,19,21H,3-4,7-8,11-14H2,1-2H3/t16-,19+/m1/s1. The van der Waals surface area contributed by atoms with Crippen LogP contribution in [0.15, 0.2) is 24.3 Å². The smallest absolute Gasteiger partial charge is 0.225 e. The van der Waals surface area contributed by atoms with E-state index in [0.717, 1.165) is 51.1 Å². The molecule has 3 rings (SSSR count). The Morgan fingerprint density at radius 2 is 1.96 bits per heavy atom. The Hall–Kier alpha value is -1.55. The molecule has 132 valence electrons. The van der Waals surface area contributed by atoms with Gasteiger partial charge in [-0.25, -0.2) is 0 Å². The predicted octanol–water partition coefficient (Wildman–Crippen LogP) is 3.21. The third-order valence-corrected chi connectivity index (χ3v) is 5.30. The van der Waals surface area contributed by atoms with E-state index in [9.17, 15) is 4.79 Å². The fourth-order valence-electron chi connectivity index (χ4n) is 3.62. The minimum Gasteiger partial charge on any atom is -0.494 e. The van der Waals surface area contributed by atoms with Crippen molar-refractivity contribution in [1.29, 1.82) is 0 Å². The van der Waals surface area contributed by atoms with E-state index in [-0.39, 0.29) is 0 Å². The highest BCUT2D eigenvalue weighted by atomic mass is 16.5. The van der Waals surface area contributed by atoms with Crippen molar-refractivity contribution in [2.45, 2.75) is 52.1 Å². The van der Waals surface area contributed by atoms with Crippen LogP contribution in [0.3, 0.4) is 0 Å². The average molecular weight is 330 g/mol. The largest absolute Gasteiger partial charge is 0.494 e. The molecule has 1 aliphatic carbocycles. The first-order chi connectivity index (χ1) is 11.7. The van der Waals surface area contributed by atoms with Gasteiger partial charge in [0.15, 0.2) is 0 Å². The zero-order chi connectivity index (χ0) is 16.9. The van der Waals surface area contributed by atoms with Gasteiger partial charge in [-0.3, -0.25) is 4.79 Å². The fourth-order valence-corrected chi connectivity index (χ4v) is 3.62. The van der Waals surface area contributed by atoms with Crippen LogP contribution < -0.4 is 10.1 Å². The number of piperidine rings is 1. The Morgan fingerprint density at radius 3 is 2.58 bits per heavy atom. The van der Waals surface area contributed by atoms with Crippen molar-refractivity contribution in [3.8, 4) is 5.75 Å². The molecule has 1 saturated carbocycles. The summed E-state index contributed by atoms with van der Waals surface area (Å²) in [5.41, 5.74) is 1.28. The lowest BCUT2D eigenvalue weighted by Gasteiger charge is -2.39. The third kappa shape index (κ3) is 4.29. The summed E-state index contributed by atoms with van der Waals surface area (Å²) < 4.78 is 5.49. The zero-order valence-corrected chi connectivity index (χ0v) is 15.0. The predicted molar refractivity (Wildman–Crippen MR) is 95.9 cm³/mol. The molecule has 1 aromatic rings. The summed E-state index contributed by atoms with van der Waals surface area (Å²) in [4.78, 5) is 14.4. The number of carbonyl (C=O) groups is 1. The number of likely N-dealkylation sites (tertiary alicyclic amines) is 1. The molecule has 1 heterocycles. The highest BCUT2D eigenvalue weighted by Gasteiger charge is 2.37. The summed E-state index contributed by atoms with van der Waals surface area (Å²) in [6.07, 6.45) is 4.39. The highest BCUT2D eigenvalue weighted by molar-refractivity contribution is 5.81. The van der Waals surface area contributed by atoms with Crippen LogP contribution in [0.5, 0.6) is 5.75 Å². The molecule has 2 atom stereocenters. The monoisotopic (exact) mass is 330 g/mol. The lowest BCUT2D eigenvalue weighted by molar-refractivity contribution is -0.134. The van der Waals surface area contributed by atoms with Crippen LogP contribution >= 0.6 is 0 Å². The van der Waals surface area contributed by atoms with Gasteiger partial charge >= 0.3 is 0 Å². The number of ether oxygens (including phenoxy) is 1. The molecule has 0 bridgehead atoms. The molecule has 1 aliphatic heterocycles. The maximum Gasteiger partial charge on any atom is 0.225 e. The summed E-state index contributed by atoms with van der Waals surface area (Å²) in [6.45, 7) is 7.65. The molecule has 2 fully saturated rings. The van der Waals surface area contributed by atoms with Crippen LogP contribution in [0, 0.1) is 11.8 Å². The SMILES string of the molecule is CCOc1ccc(CN[C@H]2CCN(C(=O)C3CC3)C[C@H]2CC)cc1. The minimum atomic E-state index is 0.343. The van der Waals surface area contributed by atoms with Crippen LogP contribution in [0.1, 0.15) is 45.1 Å². The second-order valence-electron chi connectivity index (χ2n) is 7.08. The van der Waals surface area contributed by atoms with Crippen molar-refractivity contribution in [2.24, 2.45) is 11.8 Å². The molecule has 1 amide bonds. The Labute approximate surface area is 145 Å². The number of amides is 1. The minimum absolute atomic E-state index is 0.343. The van der Waals surface area contributed by atoms with Gasteiger partial charge < -0.3 is 15.0 Å². The fraction of sp³-hybridized carbons (Fsp3) is 0.650. The molecule has 1 saturated heterocycles. The molecular weight excluding hydrogens is 300 g/mol. The second-order valence-corrected chi connectivity index (χ2v) is 7.08. The molecule has 1 N–H and O–H groups in total. The number of nitrogens with zero attached hydrogens (tertiary/aromatic N) is 1. The van der Waals surface area contributed by atoms with Crippen LogP contribution in [0.4, 0.5) is 0 Å². The third-order valence-electron chi connectivity index (χ3n) is 5.30. The van der Waals surface area contributed by atoms with Gasteiger partial charge in [0.05, 0.1) is 6.61 Å². The molecule has 1 aromatic carbocycles. The number of benzene rings is 1. The van der Waals surface area contributed by atoms with E-state index in [2.05, 4.69) is 29.3 Å². The first kappa shape index (κ1) is 17.3. The van der Waals surface area contributed by atoms with Crippen molar-refractivity contribution in [3.63, 3.8) is 0 Å². The number of carbonyl (C=O) groups excluding carboxylic acids is 1. The number of hydrogen-bond donors (Lipinski definition) is 1. The Balaban J connectivity index is 1.50. The van der Waals surface area contributed by atoms with Crippen molar-refractivity contribution >= 4 is 5.91 Å². The molecule has 24 heavy (non-hydrogen) atoms. The van der Waals surface area contributed by atoms with Crippen molar-refractivity contribution < 1.29 is 9.53 Å². The Bertz CT molecular complexity index is 539. The second kappa shape index (κ2) is 8.02. The van der Waals surface area contributed by atoms with Gasteiger partial charge in [-0.05, 0) is 49.8 Å². The molecule has 0 aromatic heterocycles. The summed E-state index contributed by atoms with van der Waals surface area (Å²) in [5.74, 6) is 2.23. The van der Waals surface area contributed by atoms with Gasteiger partial charge in [0, 0.05) is 31.6 Å². The Kier molecular flexibility index (Phi) is 5.77. The van der Waals surface area contributed by atoms with E-state index in [1.165, 1.54) is 5.56 Å². The molecule has 4 nitrogen and oxygen atoms in total. The van der Waals surface area contributed by atoms with Gasteiger partial charge in [-0.15, -0.1) is 0 Å². The van der Waals surface area contributed by atoms with Crippen LogP contribution in [0.2, 0.25) is 0 Å². The first-order valence-electron chi connectivity index (χ1n) is 9.45. The number of hydrogen-bond acceptors (Lipinski definition) is 3. The van der Waals surface area contributed by atoms with Gasteiger partial charge in [-0.2, -0.15) is 0 Å². The molecule has 4 heteroatoms. The van der Waals surface area contributed by atoms with Crippen molar-refractivity contribution in [3.05, 3.63) is 29.8 Å². The normalized spacial score (nSPS) is 24.0. The van der Waals surface area contributed by atoms with Crippen LogP contribution in [0.25, 0.3) is 0 Å². The molecule has 0 unspecified atom stereocenters. The summed E-state index contributed by atoms with van der Waals surface area (Å²) >= 11 is 0. The molecule has 0 spiro atoms. The van der Waals surface area contributed by atoms with E-state index in [4.69, 9.17) is 4.74 Å². The first-order valence-corrected chi connectivity index (χ1v) is 9.45. The molecule has 0 radical (unpaired) electrons. The molecular formula is C20H30N2O2. The van der Waals surface area contributed by atoms with E-state index < -0.39 is 0 Å². The van der Waals surface area contributed by atoms with Crippen LogP contribution in [-0.4, -0.2) is 36.5 Å². The lowest BCUT2D eigenvalue weighted by Crippen LogP contribution is -2.51. The maximum atomic E-state index is 12.3. The van der Waals surface area contributed by atoms with Gasteiger partial charge in [0.25, 0.3) is 0 Å². The van der Waals surface area contributed by atoms with E-state index in [0.29, 0.717) is 30.4 Å². The van der Waals surface area contributed by atoms with Gasteiger partial charge in [-0.1, -0.05) is 25.5 Å². The van der Waals surface area contributed by atoms with E-state index >= 15 is 0 Å². The van der Waals surface area contributed by atoms with Crippen molar-refractivity contribution in [2.75, 3.05) is 19.7 Å². The van der Waals surface area contributed by atoms with Gasteiger partial charge in [0.1, 0.15) is 5.75 Å². The van der Waals surface area contributed by atoms with E-state index in [1.807, 2.05) is 19.1 Å². The van der Waals surface area contributed by atoms with Crippen LogP contribution in [-0.2, 0) is 11.3 Å². The molecule has 2 aliphatic rings.